The van der Waals surface area contributed by atoms with Crippen LogP contribution in [0.3, 0.4) is 0 Å². The monoisotopic (exact) mass is 539 g/mol. The Bertz CT molecular complexity index is 1310. The van der Waals surface area contributed by atoms with Gasteiger partial charge < -0.3 is 16.0 Å². The maximum atomic E-state index is 14.8. The van der Waals surface area contributed by atoms with E-state index >= 15 is 0 Å². The number of hydrazine groups is 1. The van der Waals surface area contributed by atoms with Crippen LogP contribution < -0.4 is 16.0 Å². The number of benzene rings is 1. The van der Waals surface area contributed by atoms with E-state index in [0.717, 1.165) is 19.3 Å². The number of halogens is 1. The molecule has 4 amide bonds. The summed E-state index contributed by atoms with van der Waals surface area (Å²) >= 11 is 0. The smallest absolute Gasteiger partial charge is 0.272 e. The predicted octanol–water partition coefficient (Wildman–Crippen LogP) is 1.87. The van der Waals surface area contributed by atoms with Crippen molar-refractivity contribution in [2.45, 2.75) is 58.2 Å². The first-order valence-corrected chi connectivity index (χ1v) is 13.4. The predicted molar refractivity (Wildman–Crippen MR) is 139 cm³/mol. The number of aryl methyl sites for hydroxylation is 1. The Kier molecular flexibility index (Phi) is 7.39. The molecule has 1 aromatic heterocycles. The highest BCUT2D eigenvalue weighted by molar-refractivity contribution is 5.97. The fraction of sp³-hybridized carbons (Fsp3) is 0.519. The standard InChI is InChI=1S/C27H34FN7O4/c1-15(2)29-26(38)21-13-22(33(3)32-21)30-23(36)12-18(16-8-9-16)25(37)31-24-17-6-4-7-20(28)19(17)14-34-10-5-11-35(34)27(24)39/h4,6-7,13,15-16,18,24H,5,8-12,14H2,1-3H3,(H,29,38)(H,30,36)(H,31,37)/t18-,24-/m0/s1. The summed E-state index contributed by atoms with van der Waals surface area (Å²) in [6, 6.07) is 4.98. The van der Waals surface area contributed by atoms with Gasteiger partial charge in [-0.3, -0.25) is 28.9 Å². The zero-order chi connectivity index (χ0) is 27.8. The number of carbonyl (C=O) groups excluding carboxylic acids is 4. The molecule has 11 nitrogen and oxygen atoms in total. The Labute approximate surface area is 226 Å². The Morgan fingerprint density at radius 1 is 1.18 bits per heavy atom. The molecular formula is C27H34FN7O4. The van der Waals surface area contributed by atoms with Crippen molar-refractivity contribution in [2.75, 3.05) is 18.4 Å². The highest BCUT2D eigenvalue weighted by Crippen LogP contribution is 2.40. The number of nitrogens with zero attached hydrogens (tertiary/aromatic N) is 4. The van der Waals surface area contributed by atoms with E-state index in [1.54, 1.807) is 24.2 Å². The van der Waals surface area contributed by atoms with Crippen LogP contribution in [0.2, 0.25) is 0 Å². The molecule has 3 aliphatic rings. The fourth-order valence-corrected chi connectivity index (χ4v) is 5.34. The molecule has 5 rings (SSSR count). The third kappa shape index (κ3) is 5.65. The molecule has 0 spiro atoms. The number of aromatic nitrogens is 2. The molecule has 2 atom stereocenters. The van der Waals surface area contributed by atoms with Crippen LogP contribution in [0.1, 0.15) is 67.2 Å². The molecule has 0 unspecified atom stereocenters. The SMILES string of the molecule is CC(C)NC(=O)c1cc(NC(=O)C[C@H](C(=O)N[C@@H]2C(=O)N3CCCN3Cc3c(F)cccc32)C2CC2)n(C)n1. The highest BCUT2D eigenvalue weighted by atomic mass is 19.1. The van der Waals surface area contributed by atoms with Gasteiger partial charge in [0.2, 0.25) is 11.8 Å². The Balaban J connectivity index is 1.31. The zero-order valence-electron chi connectivity index (χ0n) is 22.4. The van der Waals surface area contributed by atoms with Crippen LogP contribution in [0.4, 0.5) is 10.2 Å². The van der Waals surface area contributed by atoms with Crippen LogP contribution >= 0.6 is 0 Å². The minimum atomic E-state index is -1.03. The normalized spacial score (nSPS) is 19.8. The summed E-state index contributed by atoms with van der Waals surface area (Å²) in [6.07, 6.45) is 2.29. The average Bonchev–Trinajstić information content (AvgIpc) is 3.53. The van der Waals surface area contributed by atoms with Gasteiger partial charge in [-0.2, -0.15) is 5.10 Å². The minimum absolute atomic E-state index is 0.0193. The van der Waals surface area contributed by atoms with Gasteiger partial charge in [-0.15, -0.1) is 0 Å². The lowest BCUT2D eigenvalue weighted by molar-refractivity contribution is -0.148. The van der Waals surface area contributed by atoms with Crippen LogP contribution in [0, 0.1) is 17.7 Å². The zero-order valence-corrected chi connectivity index (χ0v) is 22.4. The van der Waals surface area contributed by atoms with Gasteiger partial charge in [-0.1, -0.05) is 12.1 Å². The lowest BCUT2D eigenvalue weighted by Crippen LogP contribution is -2.47. The van der Waals surface area contributed by atoms with Crippen molar-refractivity contribution in [1.82, 2.24) is 30.4 Å². The number of rotatable bonds is 8. The molecule has 1 aliphatic carbocycles. The Morgan fingerprint density at radius 3 is 2.67 bits per heavy atom. The molecule has 39 heavy (non-hydrogen) atoms. The summed E-state index contributed by atoms with van der Waals surface area (Å²) < 4.78 is 16.2. The second kappa shape index (κ2) is 10.8. The average molecular weight is 540 g/mol. The van der Waals surface area contributed by atoms with Crippen molar-refractivity contribution in [3.63, 3.8) is 0 Å². The van der Waals surface area contributed by atoms with E-state index in [2.05, 4.69) is 21.0 Å². The molecule has 12 heteroatoms. The molecule has 2 aliphatic heterocycles. The molecule has 1 saturated heterocycles. The second-order valence-corrected chi connectivity index (χ2v) is 10.8. The third-order valence-electron chi connectivity index (χ3n) is 7.46. The van der Waals surface area contributed by atoms with E-state index in [4.69, 9.17) is 0 Å². The van der Waals surface area contributed by atoms with Crippen molar-refractivity contribution in [1.29, 1.82) is 0 Å². The molecule has 208 valence electrons. The molecule has 2 fully saturated rings. The van der Waals surface area contributed by atoms with Gasteiger partial charge in [0.1, 0.15) is 17.7 Å². The maximum absolute atomic E-state index is 14.8. The topological polar surface area (TPSA) is 129 Å². The first kappa shape index (κ1) is 26.8. The number of nitrogens with one attached hydrogen (secondary N) is 3. The molecule has 3 heterocycles. The van der Waals surface area contributed by atoms with Gasteiger partial charge in [0.15, 0.2) is 5.69 Å². The minimum Gasteiger partial charge on any atom is -0.348 e. The van der Waals surface area contributed by atoms with Gasteiger partial charge in [-0.05, 0) is 50.7 Å². The molecule has 0 bridgehead atoms. The lowest BCUT2D eigenvalue weighted by Gasteiger charge is -2.28. The second-order valence-electron chi connectivity index (χ2n) is 10.8. The van der Waals surface area contributed by atoms with E-state index in [1.807, 2.05) is 18.9 Å². The van der Waals surface area contributed by atoms with Crippen LogP contribution in [-0.2, 0) is 28.0 Å². The fourth-order valence-electron chi connectivity index (χ4n) is 5.34. The first-order valence-electron chi connectivity index (χ1n) is 13.4. The van der Waals surface area contributed by atoms with Gasteiger partial charge in [-0.25, -0.2) is 9.40 Å². The van der Waals surface area contributed by atoms with Crippen molar-refractivity contribution >= 4 is 29.4 Å². The van der Waals surface area contributed by atoms with Gasteiger partial charge in [0.05, 0.1) is 0 Å². The molecule has 0 radical (unpaired) electrons. The summed E-state index contributed by atoms with van der Waals surface area (Å²) in [5.41, 5.74) is 1.02. The molecule has 3 N–H and O–H groups in total. The number of hydrogen-bond donors (Lipinski definition) is 3. The maximum Gasteiger partial charge on any atom is 0.272 e. The summed E-state index contributed by atoms with van der Waals surface area (Å²) in [5, 5.41) is 16.0. The van der Waals surface area contributed by atoms with Crippen LogP contribution in [-0.4, -0.2) is 62.6 Å². The number of anilines is 1. The molecule has 1 aromatic carbocycles. The van der Waals surface area contributed by atoms with E-state index in [-0.39, 0.29) is 42.4 Å². The molecular weight excluding hydrogens is 505 g/mol. The molecule has 1 saturated carbocycles. The number of carbonyl (C=O) groups is 4. The van der Waals surface area contributed by atoms with E-state index in [0.29, 0.717) is 30.0 Å². The summed E-state index contributed by atoms with van der Waals surface area (Å²) in [5.74, 6) is -2.16. The van der Waals surface area contributed by atoms with Crippen molar-refractivity contribution < 1.29 is 23.6 Å². The van der Waals surface area contributed by atoms with Crippen molar-refractivity contribution in [3.05, 3.63) is 46.9 Å². The lowest BCUT2D eigenvalue weighted by atomic mass is 9.95. The summed E-state index contributed by atoms with van der Waals surface area (Å²) in [7, 11) is 1.61. The van der Waals surface area contributed by atoms with Gasteiger partial charge in [0, 0.05) is 56.7 Å². The van der Waals surface area contributed by atoms with E-state index in [9.17, 15) is 23.6 Å². The van der Waals surface area contributed by atoms with Gasteiger partial charge in [0.25, 0.3) is 11.8 Å². The van der Waals surface area contributed by atoms with Crippen LogP contribution in [0.15, 0.2) is 24.3 Å². The Morgan fingerprint density at radius 2 is 1.95 bits per heavy atom. The highest BCUT2D eigenvalue weighted by Gasteiger charge is 2.42. The van der Waals surface area contributed by atoms with E-state index in [1.165, 1.54) is 16.8 Å². The Hall–Kier alpha value is -3.80. The summed E-state index contributed by atoms with van der Waals surface area (Å²) in [6.45, 7) is 5.09. The van der Waals surface area contributed by atoms with Crippen molar-refractivity contribution in [3.8, 4) is 0 Å². The van der Waals surface area contributed by atoms with Crippen LogP contribution in [0.5, 0.6) is 0 Å². The van der Waals surface area contributed by atoms with Crippen LogP contribution in [0.25, 0.3) is 0 Å². The summed E-state index contributed by atoms with van der Waals surface area (Å²) in [4.78, 5) is 52.3. The molecule has 2 aromatic rings. The van der Waals surface area contributed by atoms with Gasteiger partial charge >= 0.3 is 0 Å². The number of hydrogen-bond acceptors (Lipinski definition) is 6. The first-order chi connectivity index (χ1) is 18.6. The number of fused-ring (bicyclic) bond motifs is 2. The number of amides is 4. The van der Waals surface area contributed by atoms with E-state index < -0.39 is 29.6 Å². The van der Waals surface area contributed by atoms with Crippen molar-refractivity contribution in [2.24, 2.45) is 18.9 Å². The largest absolute Gasteiger partial charge is 0.348 e. The quantitative estimate of drug-likeness (QED) is 0.470. The third-order valence-corrected chi connectivity index (χ3v) is 7.46.